The second kappa shape index (κ2) is 9.66. The molecule has 1 amide bonds. The number of benzene rings is 2. The van der Waals surface area contributed by atoms with Crippen molar-refractivity contribution in [1.82, 2.24) is 14.7 Å². The van der Waals surface area contributed by atoms with Crippen LogP contribution in [0.25, 0.3) is 5.69 Å². The van der Waals surface area contributed by atoms with Crippen LogP contribution in [0, 0.1) is 20.8 Å². The third-order valence-corrected chi connectivity index (χ3v) is 5.18. The lowest BCUT2D eigenvalue weighted by Crippen LogP contribution is -2.30. The Morgan fingerprint density at radius 2 is 1.77 bits per heavy atom. The van der Waals surface area contributed by atoms with E-state index in [-0.39, 0.29) is 12.5 Å². The van der Waals surface area contributed by atoms with E-state index < -0.39 is 0 Å². The lowest BCUT2D eigenvalue weighted by atomic mass is 10.2. The zero-order valence-electron chi connectivity index (χ0n) is 19.0. The van der Waals surface area contributed by atoms with Gasteiger partial charge in [-0.3, -0.25) is 9.69 Å². The van der Waals surface area contributed by atoms with E-state index in [0.717, 1.165) is 39.8 Å². The number of hydrogen-bond donors (Lipinski definition) is 1. The summed E-state index contributed by atoms with van der Waals surface area (Å²) in [6.45, 7) is 6.72. The van der Waals surface area contributed by atoms with Crippen LogP contribution in [0.3, 0.4) is 0 Å². The van der Waals surface area contributed by atoms with Gasteiger partial charge in [0.1, 0.15) is 11.5 Å². The molecule has 0 aliphatic heterocycles. The van der Waals surface area contributed by atoms with E-state index in [0.29, 0.717) is 6.54 Å². The predicted octanol–water partition coefficient (Wildman–Crippen LogP) is 3.89. The highest BCUT2D eigenvalue weighted by atomic mass is 16.5. The van der Waals surface area contributed by atoms with Crippen molar-refractivity contribution in [2.24, 2.45) is 0 Å². The molecule has 0 fully saturated rings. The van der Waals surface area contributed by atoms with Crippen molar-refractivity contribution in [1.29, 1.82) is 0 Å². The molecule has 1 heterocycles. The van der Waals surface area contributed by atoms with Crippen LogP contribution in [-0.4, -0.2) is 48.4 Å². The van der Waals surface area contributed by atoms with Crippen molar-refractivity contribution in [3.63, 3.8) is 0 Å². The number of rotatable bonds is 8. The van der Waals surface area contributed by atoms with Crippen LogP contribution in [0.5, 0.6) is 11.5 Å². The SMILES string of the molecule is COc1ccc(CN(C)CC(=O)Nc2c(C)nn(-c3ccc(C)cc3)c2C)c(OC)c1. The lowest BCUT2D eigenvalue weighted by Gasteiger charge is -2.18. The van der Waals surface area contributed by atoms with Crippen molar-refractivity contribution in [2.45, 2.75) is 27.3 Å². The number of likely N-dealkylation sites (N-methyl/N-ethyl adjacent to an activating group) is 1. The number of anilines is 1. The number of methoxy groups -OCH3 is 2. The summed E-state index contributed by atoms with van der Waals surface area (Å²) < 4.78 is 12.6. The molecule has 0 radical (unpaired) electrons. The Labute approximate surface area is 183 Å². The van der Waals surface area contributed by atoms with Gasteiger partial charge in [-0.15, -0.1) is 0 Å². The first-order valence-electron chi connectivity index (χ1n) is 10.1. The van der Waals surface area contributed by atoms with Gasteiger partial charge in [0.2, 0.25) is 5.91 Å². The van der Waals surface area contributed by atoms with Crippen molar-refractivity contribution < 1.29 is 14.3 Å². The maximum Gasteiger partial charge on any atom is 0.238 e. The van der Waals surface area contributed by atoms with Gasteiger partial charge in [-0.05, 0) is 46.0 Å². The topological polar surface area (TPSA) is 68.6 Å². The first-order chi connectivity index (χ1) is 14.8. The van der Waals surface area contributed by atoms with Gasteiger partial charge >= 0.3 is 0 Å². The fourth-order valence-electron chi connectivity index (χ4n) is 3.51. The van der Waals surface area contributed by atoms with Gasteiger partial charge in [-0.1, -0.05) is 23.8 Å². The Hall–Kier alpha value is -3.32. The number of aromatic nitrogens is 2. The number of aryl methyl sites for hydroxylation is 2. The number of carbonyl (C=O) groups excluding carboxylic acids is 1. The number of carbonyl (C=O) groups is 1. The molecular weight excluding hydrogens is 392 g/mol. The molecule has 7 nitrogen and oxygen atoms in total. The molecule has 0 aliphatic carbocycles. The second-order valence-electron chi connectivity index (χ2n) is 7.69. The zero-order valence-corrected chi connectivity index (χ0v) is 19.0. The molecule has 0 bridgehead atoms. The average molecular weight is 423 g/mol. The van der Waals surface area contributed by atoms with Gasteiger partial charge in [-0.25, -0.2) is 4.68 Å². The van der Waals surface area contributed by atoms with E-state index in [9.17, 15) is 4.79 Å². The standard InChI is InChI=1S/C24H30N4O3/c1-16-7-10-20(11-8-16)28-18(3)24(17(2)26-28)25-23(29)15-27(4)14-19-9-12-21(30-5)13-22(19)31-6/h7-13H,14-15H2,1-6H3,(H,25,29). The highest BCUT2D eigenvalue weighted by Gasteiger charge is 2.17. The van der Waals surface area contributed by atoms with Gasteiger partial charge in [0, 0.05) is 18.2 Å². The summed E-state index contributed by atoms with van der Waals surface area (Å²) in [7, 11) is 5.15. The van der Waals surface area contributed by atoms with E-state index in [4.69, 9.17) is 9.47 Å². The molecule has 0 saturated carbocycles. The van der Waals surface area contributed by atoms with Crippen LogP contribution in [0.2, 0.25) is 0 Å². The first kappa shape index (κ1) is 22.4. The summed E-state index contributed by atoms with van der Waals surface area (Å²) in [5.41, 5.74) is 5.57. The van der Waals surface area contributed by atoms with Crippen LogP contribution in [0.15, 0.2) is 42.5 Å². The Bertz CT molecular complexity index is 1060. The first-order valence-corrected chi connectivity index (χ1v) is 10.1. The zero-order chi connectivity index (χ0) is 22.5. The van der Waals surface area contributed by atoms with Crippen LogP contribution in [0.1, 0.15) is 22.5 Å². The summed E-state index contributed by atoms with van der Waals surface area (Å²) >= 11 is 0. The summed E-state index contributed by atoms with van der Waals surface area (Å²) in [6.07, 6.45) is 0. The average Bonchev–Trinajstić information content (AvgIpc) is 3.02. The molecule has 2 aromatic carbocycles. The number of hydrogen-bond acceptors (Lipinski definition) is 5. The molecule has 0 aliphatic rings. The molecule has 0 atom stereocenters. The normalized spacial score (nSPS) is 10.9. The molecule has 3 rings (SSSR count). The Morgan fingerprint density at radius 1 is 1.06 bits per heavy atom. The smallest absolute Gasteiger partial charge is 0.238 e. The Balaban J connectivity index is 1.68. The Kier molecular flexibility index (Phi) is 6.97. The van der Waals surface area contributed by atoms with Crippen LogP contribution in [0.4, 0.5) is 5.69 Å². The minimum atomic E-state index is -0.0929. The van der Waals surface area contributed by atoms with E-state index in [1.807, 2.05) is 72.9 Å². The summed E-state index contributed by atoms with van der Waals surface area (Å²) in [6, 6.07) is 13.8. The van der Waals surface area contributed by atoms with Crippen LogP contribution < -0.4 is 14.8 Å². The molecule has 1 N–H and O–H groups in total. The molecule has 31 heavy (non-hydrogen) atoms. The van der Waals surface area contributed by atoms with Crippen molar-refractivity contribution in [2.75, 3.05) is 33.1 Å². The monoisotopic (exact) mass is 422 g/mol. The molecule has 164 valence electrons. The van der Waals surface area contributed by atoms with Crippen molar-refractivity contribution in [3.8, 4) is 17.2 Å². The van der Waals surface area contributed by atoms with Crippen molar-refractivity contribution >= 4 is 11.6 Å². The second-order valence-corrected chi connectivity index (χ2v) is 7.69. The Morgan fingerprint density at radius 3 is 2.42 bits per heavy atom. The van der Waals surface area contributed by atoms with Gasteiger partial charge in [0.05, 0.1) is 43.5 Å². The minimum absolute atomic E-state index is 0.0929. The molecule has 0 saturated heterocycles. The number of nitrogens with one attached hydrogen (secondary N) is 1. The fraction of sp³-hybridized carbons (Fsp3) is 0.333. The van der Waals surface area contributed by atoms with E-state index in [2.05, 4.69) is 17.3 Å². The molecule has 0 unspecified atom stereocenters. The molecule has 0 spiro atoms. The number of amides is 1. The number of ether oxygens (including phenoxy) is 2. The summed E-state index contributed by atoms with van der Waals surface area (Å²) in [5.74, 6) is 1.37. The minimum Gasteiger partial charge on any atom is -0.497 e. The fourth-order valence-corrected chi connectivity index (χ4v) is 3.51. The van der Waals surface area contributed by atoms with Crippen LogP contribution >= 0.6 is 0 Å². The predicted molar refractivity (Wildman–Crippen MR) is 122 cm³/mol. The molecular formula is C24H30N4O3. The number of nitrogens with zero attached hydrogens (tertiary/aromatic N) is 3. The van der Waals surface area contributed by atoms with E-state index in [1.54, 1.807) is 14.2 Å². The third-order valence-electron chi connectivity index (χ3n) is 5.18. The maximum absolute atomic E-state index is 12.7. The summed E-state index contributed by atoms with van der Waals surface area (Å²) in [4.78, 5) is 14.7. The van der Waals surface area contributed by atoms with E-state index >= 15 is 0 Å². The van der Waals surface area contributed by atoms with Gasteiger partial charge < -0.3 is 14.8 Å². The molecule has 7 heteroatoms. The quantitative estimate of drug-likeness (QED) is 0.597. The molecule has 1 aromatic heterocycles. The van der Waals surface area contributed by atoms with Gasteiger partial charge in [-0.2, -0.15) is 5.10 Å². The highest BCUT2D eigenvalue weighted by molar-refractivity contribution is 5.93. The third kappa shape index (κ3) is 5.24. The highest BCUT2D eigenvalue weighted by Crippen LogP contribution is 2.26. The summed E-state index contributed by atoms with van der Waals surface area (Å²) in [5, 5.41) is 7.64. The lowest BCUT2D eigenvalue weighted by molar-refractivity contribution is -0.117. The van der Waals surface area contributed by atoms with Crippen LogP contribution in [-0.2, 0) is 11.3 Å². The maximum atomic E-state index is 12.7. The van der Waals surface area contributed by atoms with Gasteiger partial charge in [0.25, 0.3) is 0 Å². The molecule has 3 aromatic rings. The largest absolute Gasteiger partial charge is 0.497 e. The van der Waals surface area contributed by atoms with Gasteiger partial charge in [0.15, 0.2) is 0 Å². The van der Waals surface area contributed by atoms with E-state index in [1.165, 1.54) is 5.56 Å². The van der Waals surface area contributed by atoms with Crippen molar-refractivity contribution in [3.05, 3.63) is 65.0 Å².